The summed E-state index contributed by atoms with van der Waals surface area (Å²) in [6.45, 7) is 1.95. The Labute approximate surface area is 117 Å². The van der Waals surface area contributed by atoms with Gasteiger partial charge in [-0.25, -0.2) is 4.79 Å². The molecule has 0 spiro atoms. The van der Waals surface area contributed by atoms with E-state index in [2.05, 4.69) is 10.6 Å². The number of hydrogen-bond acceptors (Lipinski definition) is 2. The van der Waals surface area contributed by atoms with Gasteiger partial charge in [-0.3, -0.25) is 4.79 Å². The zero-order chi connectivity index (χ0) is 14.5. The maximum atomic E-state index is 11.8. The molecule has 0 fully saturated rings. The van der Waals surface area contributed by atoms with Crippen LogP contribution in [0.1, 0.15) is 22.8 Å². The van der Waals surface area contributed by atoms with Crippen LogP contribution in [-0.2, 0) is 13.6 Å². The molecule has 2 rings (SSSR count). The molecule has 1 heterocycles. The second-order valence-corrected chi connectivity index (χ2v) is 4.63. The van der Waals surface area contributed by atoms with Gasteiger partial charge in [0.2, 0.25) is 0 Å². The fourth-order valence-corrected chi connectivity index (χ4v) is 1.84. The minimum absolute atomic E-state index is 0.0293. The maximum Gasteiger partial charge on any atom is 0.319 e. The predicted octanol–water partition coefficient (Wildman–Crippen LogP) is 2.55. The van der Waals surface area contributed by atoms with Crippen LogP contribution in [0.25, 0.3) is 0 Å². The minimum Gasteiger partial charge on any atom is -0.357 e. The molecule has 0 unspecified atom stereocenters. The van der Waals surface area contributed by atoms with E-state index in [1.54, 1.807) is 24.3 Å². The fraction of sp³-hybridized carbons (Fsp3) is 0.200. The molecule has 0 aliphatic carbocycles. The number of amides is 2. The number of carbonyl (C=O) groups is 2. The summed E-state index contributed by atoms with van der Waals surface area (Å²) in [6.07, 6.45) is 3.86. The Morgan fingerprint density at radius 2 is 2.05 bits per heavy atom. The lowest BCUT2D eigenvalue weighted by Gasteiger charge is -2.07. The Morgan fingerprint density at radius 1 is 1.25 bits per heavy atom. The second kappa shape index (κ2) is 6.06. The smallest absolute Gasteiger partial charge is 0.319 e. The van der Waals surface area contributed by atoms with E-state index in [0.29, 0.717) is 17.8 Å². The molecule has 0 saturated carbocycles. The largest absolute Gasteiger partial charge is 0.357 e. The zero-order valence-electron chi connectivity index (χ0n) is 11.5. The van der Waals surface area contributed by atoms with Crippen LogP contribution in [0.3, 0.4) is 0 Å². The van der Waals surface area contributed by atoms with E-state index >= 15 is 0 Å². The molecular weight excluding hydrogens is 254 g/mol. The van der Waals surface area contributed by atoms with Gasteiger partial charge in [-0.2, -0.15) is 0 Å². The highest BCUT2D eigenvalue weighted by Crippen LogP contribution is 2.11. The fourth-order valence-electron chi connectivity index (χ4n) is 1.84. The summed E-state index contributed by atoms with van der Waals surface area (Å²) in [4.78, 5) is 23.0. The van der Waals surface area contributed by atoms with Crippen molar-refractivity contribution in [3.05, 3.63) is 53.9 Å². The number of aromatic nitrogens is 1. The lowest BCUT2D eigenvalue weighted by atomic mass is 10.1. The summed E-state index contributed by atoms with van der Waals surface area (Å²) in [6, 6.07) is 8.50. The molecule has 2 aromatic rings. The van der Waals surface area contributed by atoms with Gasteiger partial charge in [0.25, 0.3) is 0 Å². The molecule has 2 N–H and O–H groups in total. The van der Waals surface area contributed by atoms with Crippen molar-refractivity contribution in [2.24, 2.45) is 7.05 Å². The lowest BCUT2D eigenvalue weighted by molar-refractivity contribution is 0.101. The quantitative estimate of drug-likeness (QED) is 0.839. The molecule has 5 heteroatoms. The standard InChI is InChI=1S/C15H17N3O2/c1-11(19)13-4-3-5-14(8-13)17-15(20)16-9-12-6-7-18(2)10-12/h3-8,10H,9H2,1-2H3,(H2,16,17,20). The number of anilines is 1. The Morgan fingerprint density at radius 3 is 2.70 bits per heavy atom. The number of urea groups is 1. The van der Waals surface area contributed by atoms with Gasteiger partial charge in [-0.15, -0.1) is 0 Å². The minimum atomic E-state index is -0.297. The number of Topliss-reactive ketones (excluding diaryl/α,β-unsaturated/α-hetero) is 1. The highest BCUT2D eigenvalue weighted by molar-refractivity contribution is 5.96. The molecule has 5 nitrogen and oxygen atoms in total. The first-order valence-corrected chi connectivity index (χ1v) is 6.31. The molecule has 1 aromatic heterocycles. The maximum absolute atomic E-state index is 11.8. The van der Waals surface area contributed by atoms with Crippen molar-refractivity contribution >= 4 is 17.5 Å². The molecule has 1 aromatic carbocycles. The van der Waals surface area contributed by atoms with Crippen molar-refractivity contribution in [2.45, 2.75) is 13.5 Å². The third kappa shape index (κ3) is 3.71. The summed E-state index contributed by atoms with van der Waals surface area (Å²) < 4.78 is 1.92. The monoisotopic (exact) mass is 271 g/mol. The van der Waals surface area contributed by atoms with Crippen LogP contribution in [0.4, 0.5) is 10.5 Å². The highest BCUT2D eigenvalue weighted by Gasteiger charge is 2.04. The first kappa shape index (κ1) is 13.9. The average Bonchev–Trinajstić information content (AvgIpc) is 2.82. The molecule has 20 heavy (non-hydrogen) atoms. The number of benzene rings is 1. The summed E-state index contributed by atoms with van der Waals surface area (Å²) in [5.41, 5.74) is 2.20. The van der Waals surface area contributed by atoms with Crippen molar-refractivity contribution in [2.75, 3.05) is 5.32 Å². The van der Waals surface area contributed by atoms with Crippen LogP contribution in [0.15, 0.2) is 42.7 Å². The number of rotatable bonds is 4. The second-order valence-electron chi connectivity index (χ2n) is 4.63. The van der Waals surface area contributed by atoms with Crippen LogP contribution in [0, 0.1) is 0 Å². The molecule has 0 bridgehead atoms. The van der Waals surface area contributed by atoms with Crippen molar-refractivity contribution < 1.29 is 9.59 Å². The van der Waals surface area contributed by atoms with Crippen LogP contribution in [0.2, 0.25) is 0 Å². The van der Waals surface area contributed by atoms with E-state index in [-0.39, 0.29) is 11.8 Å². The van der Waals surface area contributed by atoms with Crippen molar-refractivity contribution in [3.8, 4) is 0 Å². The molecule has 2 amide bonds. The number of nitrogens with zero attached hydrogens (tertiary/aromatic N) is 1. The number of aryl methyl sites for hydroxylation is 1. The van der Waals surface area contributed by atoms with E-state index in [1.807, 2.05) is 30.1 Å². The Balaban J connectivity index is 1.91. The van der Waals surface area contributed by atoms with Crippen LogP contribution in [0.5, 0.6) is 0 Å². The molecule has 0 saturated heterocycles. The van der Waals surface area contributed by atoms with E-state index in [0.717, 1.165) is 5.56 Å². The van der Waals surface area contributed by atoms with Gasteiger partial charge in [0.05, 0.1) is 0 Å². The van der Waals surface area contributed by atoms with Crippen molar-refractivity contribution in [1.29, 1.82) is 0 Å². The summed E-state index contributed by atoms with van der Waals surface area (Å²) >= 11 is 0. The van der Waals surface area contributed by atoms with Gasteiger partial charge in [-0.05, 0) is 30.7 Å². The number of nitrogens with one attached hydrogen (secondary N) is 2. The molecule has 0 atom stereocenters. The van der Waals surface area contributed by atoms with Gasteiger partial charge in [0, 0.05) is 37.2 Å². The Hall–Kier alpha value is -2.56. The predicted molar refractivity (Wildman–Crippen MR) is 77.7 cm³/mol. The third-order valence-electron chi connectivity index (χ3n) is 2.87. The van der Waals surface area contributed by atoms with Gasteiger partial charge >= 0.3 is 6.03 Å². The van der Waals surface area contributed by atoms with Crippen LogP contribution >= 0.6 is 0 Å². The third-order valence-corrected chi connectivity index (χ3v) is 2.87. The van der Waals surface area contributed by atoms with Gasteiger partial charge < -0.3 is 15.2 Å². The number of carbonyl (C=O) groups excluding carboxylic acids is 2. The van der Waals surface area contributed by atoms with Crippen LogP contribution in [-0.4, -0.2) is 16.4 Å². The Kier molecular flexibility index (Phi) is 4.20. The van der Waals surface area contributed by atoms with Crippen molar-refractivity contribution in [3.63, 3.8) is 0 Å². The molecular formula is C15H17N3O2. The van der Waals surface area contributed by atoms with E-state index in [9.17, 15) is 9.59 Å². The number of ketones is 1. The van der Waals surface area contributed by atoms with E-state index in [4.69, 9.17) is 0 Å². The molecule has 0 aliphatic rings. The lowest BCUT2D eigenvalue weighted by Crippen LogP contribution is -2.28. The zero-order valence-corrected chi connectivity index (χ0v) is 11.5. The average molecular weight is 271 g/mol. The summed E-state index contributed by atoms with van der Waals surface area (Å²) in [5, 5.41) is 5.47. The highest BCUT2D eigenvalue weighted by atomic mass is 16.2. The first-order valence-electron chi connectivity index (χ1n) is 6.31. The van der Waals surface area contributed by atoms with E-state index in [1.165, 1.54) is 6.92 Å². The summed E-state index contributed by atoms with van der Waals surface area (Å²) in [7, 11) is 1.93. The normalized spacial score (nSPS) is 10.1. The summed E-state index contributed by atoms with van der Waals surface area (Å²) in [5.74, 6) is -0.0293. The molecule has 0 aliphatic heterocycles. The van der Waals surface area contributed by atoms with Gasteiger partial charge in [0.15, 0.2) is 5.78 Å². The SMILES string of the molecule is CC(=O)c1cccc(NC(=O)NCc2ccn(C)c2)c1. The van der Waals surface area contributed by atoms with Crippen LogP contribution < -0.4 is 10.6 Å². The number of hydrogen-bond donors (Lipinski definition) is 2. The molecule has 104 valence electrons. The van der Waals surface area contributed by atoms with Gasteiger partial charge in [0.1, 0.15) is 0 Å². The Bertz CT molecular complexity index is 632. The topological polar surface area (TPSA) is 63.1 Å². The van der Waals surface area contributed by atoms with Gasteiger partial charge in [-0.1, -0.05) is 12.1 Å². The van der Waals surface area contributed by atoms with Crippen molar-refractivity contribution in [1.82, 2.24) is 9.88 Å². The molecule has 0 radical (unpaired) electrons. The first-order chi connectivity index (χ1) is 9.54. The van der Waals surface area contributed by atoms with E-state index < -0.39 is 0 Å².